The topological polar surface area (TPSA) is 84.5 Å². The van der Waals surface area contributed by atoms with Crippen molar-refractivity contribution in [1.82, 2.24) is 0 Å². The van der Waals surface area contributed by atoms with Crippen molar-refractivity contribution < 1.29 is 19.1 Å². The third kappa shape index (κ3) is 5.36. The lowest BCUT2D eigenvalue weighted by Gasteiger charge is -2.08. The summed E-state index contributed by atoms with van der Waals surface area (Å²) >= 11 is 2.76. The van der Waals surface area contributed by atoms with Gasteiger partial charge in [0.25, 0.3) is 0 Å². The average molecular weight is 419 g/mol. The Balaban J connectivity index is 1.60. The zero-order chi connectivity index (χ0) is 20.1. The van der Waals surface area contributed by atoms with Gasteiger partial charge in [0.1, 0.15) is 5.00 Å². The second-order valence-electron chi connectivity index (χ2n) is 6.43. The number of hydrogen-bond acceptors (Lipinski definition) is 6. The lowest BCUT2D eigenvalue weighted by molar-refractivity contribution is -0.114. The summed E-state index contributed by atoms with van der Waals surface area (Å²) in [5.41, 5.74) is 2.21. The lowest BCUT2D eigenvalue weighted by atomic mass is 10.1. The summed E-state index contributed by atoms with van der Waals surface area (Å²) in [6.07, 6.45) is 2.14. The van der Waals surface area contributed by atoms with Gasteiger partial charge in [-0.3, -0.25) is 9.59 Å². The Morgan fingerprint density at radius 2 is 1.89 bits per heavy atom. The van der Waals surface area contributed by atoms with E-state index >= 15 is 0 Å². The number of thiophene rings is 1. The first-order chi connectivity index (χ1) is 13.5. The highest BCUT2D eigenvalue weighted by atomic mass is 32.2. The molecule has 28 heavy (non-hydrogen) atoms. The molecular weight excluding hydrogens is 396 g/mol. The van der Waals surface area contributed by atoms with Gasteiger partial charge in [0, 0.05) is 17.5 Å². The number of thioether (sulfide) groups is 1. The van der Waals surface area contributed by atoms with Crippen LogP contribution in [-0.2, 0) is 14.3 Å². The monoisotopic (exact) mass is 418 g/mol. The van der Waals surface area contributed by atoms with E-state index in [0.29, 0.717) is 28.8 Å². The molecule has 2 amide bonds. The number of amides is 2. The molecule has 0 radical (unpaired) electrons. The predicted molar refractivity (Wildman–Crippen MR) is 112 cm³/mol. The Labute approximate surface area is 172 Å². The molecule has 0 spiro atoms. The molecule has 0 atom stereocenters. The van der Waals surface area contributed by atoms with E-state index in [1.54, 1.807) is 19.1 Å². The summed E-state index contributed by atoms with van der Waals surface area (Å²) in [6.45, 7) is 3.53. The molecule has 2 N–H and O–H groups in total. The van der Waals surface area contributed by atoms with E-state index in [0.717, 1.165) is 23.3 Å². The highest BCUT2D eigenvalue weighted by molar-refractivity contribution is 8.00. The Morgan fingerprint density at radius 1 is 1.18 bits per heavy atom. The maximum absolute atomic E-state index is 12.4. The predicted octanol–water partition coefficient (Wildman–Crippen LogP) is 4.49. The minimum atomic E-state index is -0.373. The molecule has 1 aromatic heterocycles. The van der Waals surface area contributed by atoms with Gasteiger partial charge in [-0.05, 0) is 60.9 Å². The minimum absolute atomic E-state index is 0.126. The number of carbonyl (C=O) groups is 3. The van der Waals surface area contributed by atoms with Crippen LogP contribution in [0.4, 0.5) is 10.7 Å². The Hall–Kier alpha value is -2.32. The summed E-state index contributed by atoms with van der Waals surface area (Å²) in [5, 5.41) is 8.08. The van der Waals surface area contributed by atoms with Crippen LogP contribution in [0.5, 0.6) is 0 Å². The number of nitrogens with one attached hydrogen (secondary N) is 2. The maximum atomic E-state index is 12.4. The second-order valence-corrected chi connectivity index (χ2v) is 8.36. The van der Waals surface area contributed by atoms with Crippen LogP contribution in [0.15, 0.2) is 34.5 Å². The summed E-state index contributed by atoms with van der Waals surface area (Å²) in [5.74, 6) is -0.0531. The number of ether oxygens (including phenoxy) is 1. The fourth-order valence-corrected chi connectivity index (χ4v) is 4.47. The van der Waals surface area contributed by atoms with E-state index in [2.05, 4.69) is 10.6 Å². The molecule has 0 aliphatic heterocycles. The molecule has 148 valence electrons. The second kappa shape index (κ2) is 9.25. The number of benzene rings is 1. The van der Waals surface area contributed by atoms with Crippen LogP contribution in [0.2, 0.25) is 0 Å². The third-order valence-corrected chi connectivity index (χ3v) is 6.04. The zero-order valence-corrected chi connectivity index (χ0v) is 17.4. The van der Waals surface area contributed by atoms with Crippen LogP contribution in [0.1, 0.15) is 48.5 Å². The van der Waals surface area contributed by atoms with Gasteiger partial charge in [-0.25, -0.2) is 4.79 Å². The van der Waals surface area contributed by atoms with Crippen LogP contribution in [0.25, 0.3) is 0 Å². The van der Waals surface area contributed by atoms with Crippen LogP contribution >= 0.6 is 23.1 Å². The first-order valence-corrected chi connectivity index (χ1v) is 10.9. The molecule has 3 rings (SSSR count). The van der Waals surface area contributed by atoms with Crippen molar-refractivity contribution in [3.05, 3.63) is 40.8 Å². The molecule has 0 saturated heterocycles. The highest BCUT2D eigenvalue weighted by Gasteiger charge is 2.32. The summed E-state index contributed by atoms with van der Waals surface area (Å²) in [4.78, 5) is 36.7. The van der Waals surface area contributed by atoms with Crippen molar-refractivity contribution in [3.63, 3.8) is 0 Å². The fourth-order valence-electron chi connectivity index (χ4n) is 2.72. The minimum Gasteiger partial charge on any atom is -0.462 e. The molecule has 8 heteroatoms. The van der Waals surface area contributed by atoms with Gasteiger partial charge in [-0.1, -0.05) is 0 Å². The number of hydrogen-bond donors (Lipinski definition) is 2. The molecule has 1 aromatic carbocycles. The van der Waals surface area contributed by atoms with E-state index in [-0.39, 0.29) is 23.5 Å². The third-order valence-electron chi connectivity index (χ3n) is 4.11. The average Bonchev–Trinajstić information content (AvgIpc) is 3.41. The van der Waals surface area contributed by atoms with Crippen LogP contribution in [0.3, 0.4) is 0 Å². The van der Waals surface area contributed by atoms with Gasteiger partial charge in [0.05, 0.1) is 17.9 Å². The van der Waals surface area contributed by atoms with Gasteiger partial charge in [-0.2, -0.15) is 0 Å². The summed E-state index contributed by atoms with van der Waals surface area (Å²) in [7, 11) is 0. The van der Waals surface area contributed by atoms with Gasteiger partial charge in [0.15, 0.2) is 0 Å². The molecule has 0 unspecified atom stereocenters. The van der Waals surface area contributed by atoms with Crippen LogP contribution in [-0.4, -0.2) is 30.1 Å². The van der Waals surface area contributed by atoms with E-state index in [4.69, 9.17) is 4.74 Å². The summed E-state index contributed by atoms with van der Waals surface area (Å²) in [6, 6.07) is 7.29. The van der Waals surface area contributed by atoms with Gasteiger partial charge in [-0.15, -0.1) is 23.1 Å². The highest BCUT2D eigenvalue weighted by Crippen LogP contribution is 2.46. The van der Waals surface area contributed by atoms with Crippen LogP contribution in [0, 0.1) is 0 Å². The molecule has 1 aliphatic rings. The Bertz CT molecular complexity index is 873. The molecule has 1 fully saturated rings. The Kier molecular flexibility index (Phi) is 6.74. The van der Waals surface area contributed by atoms with E-state index in [1.165, 1.54) is 30.0 Å². The van der Waals surface area contributed by atoms with Crippen molar-refractivity contribution >= 4 is 51.6 Å². The maximum Gasteiger partial charge on any atom is 0.341 e. The van der Waals surface area contributed by atoms with E-state index < -0.39 is 0 Å². The SMILES string of the molecule is CCOC(=O)c1c(C2CC2)csc1NC(=O)CSc1ccc(NC(C)=O)cc1. The van der Waals surface area contributed by atoms with Crippen molar-refractivity contribution in [2.24, 2.45) is 0 Å². The van der Waals surface area contributed by atoms with Crippen molar-refractivity contribution in [1.29, 1.82) is 0 Å². The molecule has 0 bridgehead atoms. The molecular formula is C20H22N2O4S2. The number of anilines is 2. The van der Waals surface area contributed by atoms with Crippen molar-refractivity contribution in [2.75, 3.05) is 23.0 Å². The first-order valence-electron chi connectivity index (χ1n) is 9.06. The van der Waals surface area contributed by atoms with Gasteiger partial charge in [0.2, 0.25) is 11.8 Å². The summed E-state index contributed by atoms with van der Waals surface area (Å²) < 4.78 is 5.18. The number of rotatable bonds is 8. The molecule has 1 heterocycles. The van der Waals surface area contributed by atoms with E-state index in [9.17, 15) is 14.4 Å². The fraction of sp³-hybridized carbons (Fsp3) is 0.350. The standard InChI is InChI=1S/C20H22N2O4S2/c1-3-26-20(25)18-16(13-4-5-13)10-28-19(18)22-17(24)11-27-15-8-6-14(7-9-15)21-12(2)23/h6-10,13H,3-5,11H2,1-2H3,(H,21,23)(H,22,24). The Morgan fingerprint density at radius 3 is 2.50 bits per heavy atom. The quantitative estimate of drug-likeness (QED) is 0.487. The number of carbonyl (C=O) groups excluding carboxylic acids is 3. The number of esters is 1. The normalized spacial score (nSPS) is 13.1. The smallest absolute Gasteiger partial charge is 0.341 e. The van der Waals surface area contributed by atoms with Crippen molar-refractivity contribution in [3.8, 4) is 0 Å². The molecule has 2 aromatic rings. The van der Waals surface area contributed by atoms with E-state index in [1.807, 2.05) is 17.5 Å². The zero-order valence-electron chi connectivity index (χ0n) is 15.7. The molecule has 6 nitrogen and oxygen atoms in total. The molecule has 1 aliphatic carbocycles. The first kappa shape index (κ1) is 20.4. The van der Waals surface area contributed by atoms with Crippen LogP contribution < -0.4 is 10.6 Å². The largest absolute Gasteiger partial charge is 0.462 e. The van der Waals surface area contributed by atoms with Gasteiger partial charge < -0.3 is 15.4 Å². The lowest BCUT2D eigenvalue weighted by Crippen LogP contribution is -2.16. The molecule has 1 saturated carbocycles. The van der Waals surface area contributed by atoms with Crippen molar-refractivity contribution in [2.45, 2.75) is 37.5 Å². The van der Waals surface area contributed by atoms with Gasteiger partial charge >= 0.3 is 5.97 Å².